The molecule has 0 saturated carbocycles. The van der Waals surface area contributed by atoms with Crippen molar-refractivity contribution < 1.29 is 18.0 Å². The summed E-state index contributed by atoms with van der Waals surface area (Å²) in [6, 6.07) is 21.0. The predicted molar refractivity (Wildman–Crippen MR) is 160 cm³/mol. The first-order valence-electron chi connectivity index (χ1n) is 13.1. The summed E-state index contributed by atoms with van der Waals surface area (Å²) < 4.78 is 29.3. The van der Waals surface area contributed by atoms with Crippen molar-refractivity contribution in [1.82, 2.24) is 14.5 Å². The number of hydrogen-bond donors (Lipinski definition) is 1. The van der Waals surface area contributed by atoms with Crippen molar-refractivity contribution in [3.05, 3.63) is 100 Å². The fourth-order valence-corrected chi connectivity index (χ4v) is 5.69. The van der Waals surface area contributed by atoms with Crippen LogP contribution in [-0.4, -0.2) is 62.7 Å². The highest BCUT2D eigenvalue weighted by molar-refractivity contribution is 7.90. The molecule has 0 aliphatic carbocycles. The zero-order valence-corrected chi connectivity index (χ0v) is 25.2. The number of aryl methyl sites for hydroxylation is 2. The number of anilines is 1. The lowest BCUT2D eigenvalue weighted by atomic mass is 10.0. The summed E-state index contributed by atoms with van der Waals surface area (Å²) in [4.78, 5) is 29.1. The van der Waals surface area contributed by atoms with Crippen molar-refractivity contribution in [2.24, 2.45) is 0 Å². The van der Waals surface area contributed by atoms with Crippen molar-refractivity contribution in [2.45, 2.75) is 39.8 Å². The van der Waals surface area contributed by atoms with Crippen LogP contribution in [0, 0.1) is 13.8 Å². The lowest BCUT2D eigenvalue weighted by molar-refractivity contribution is -0.140. The average molecular weight is 585 g/mol. The Labute approximate surface area is 242 Å². The summed E-state index contributed by atoms with van der Waals surface area (Å²) in [6.45, 7) is 5.43. The minimum Gasteiger partial charge on any atom is -0.355 e. The second kappa shape index (κ2) is 13.8. The number of halogens is 1. The highest BCUT2D eigenvalue weighted by Crippen LogP contribution is 2.26. The molecular weight excluding hydrogens is 548 g/mol. The van der Waals surface area contributed by atoms with Crippen LogP contribution in [0.5, 0.6) is 0 Å². The molecule has 1 atom stereocenters. The minimum absolute atomic E-state index is 0.0662. The number of nitrogens with one attached hydrogen (secondary N) is 1. The molecule has 0 unspecified atom stereocenters. The normalized spacial score (nSPS) is 12.2. The van der Waals surface area contributed by atoms with Crippen LogP contribution in [0.25, 0.3) is 0 Å². The van der Waals surface area contributed by atoms with Crippen molar-refractivity contribution in [3.8, 4) is 0 Å². The Morgan fingerprint density at radius 1 is 0.925 bits per heavy atom. The van der Waals surface area contributed by atoms with Crippen LogP contribution in [0.4, 0.5) is 5.69 Å². The summed E-state index contributed by atoms with van der Waals surface area (Å²) in [7, 11) is -1.21. The molecule has 0 saturated heterocycles. The summed E-state index contributed by atoms with van der Waals surface area (Å²) in [6.07, 6.45) is 0.253. The molecule has 0 bridgehead atoms. The molecule has 214 valence electrons. The Kier molecular flexibility index (Phi) is 10.7. The third kappa shape index (κ3) is 7.84. The number of hydrogen-bond acceptors (Lipinski definition) is 4. The van der Waals surface area contributed by atoms with E-state index in [-0.39, 0.29) is 18.9 Å². The maximum absolute atomic E-state index is 14.2. The van der Waals surface area contributed by atoms with E-state index >= 15 is 0 Å². The number of carbonyl (C=O) groups is 2. The fraction of sp³-hybridized carbons (Fsp3) is 0.333. The Hall–Kier alpha value is -3.40. The molecule has 0 aliphatic rings. The molecule has 0 radical (unpaired) electrons. The van der Waals surface area contributed by atoms with Gasteiger partial charge in [-0.25, -0.2) is 4.31 Å². The van der Waals surface area contributed by atoms with Gasteiger partial charge in [0.25, 0.3) is 0 Å². The quantitative estimate of drug-likeness (QED) is 0.343. The van der Waals surface area contributed by atoms with Gasteiger partial charge in [0.05, 0.1) is 5.69 Å². The fourth-order valence-electron chi connectivity index (χ4n) is 4.37. The largest absolute Gasteiger partial charge is 0.355 e. The molecule has 2 amide bonds. The van der Waals surface area contributed by atoms with E-state index in [1.54, 1.807) is 31.2 Å². The third-order valence-corrected chi connectivity index (χ3v) is 8.56. The van der Waals surface area contributed by atoms with Crippen LogP contribution < -0.4 is 9.62 Å². The first-order chi connectivity index (χ1) is 18.9. The maximum Gasteiger partial charge on any atom is 0.304 e. The van der Waals surface area contributed by atoms with E-state index in [0.717, 1.165) is 25.3 Å². The Morgan fingerprint density at radius 2 is 1.60 bits per heavy atom. The zero-order valence-electron chi connectivity index (χ0n) is 23.6. The van der Waals surface area contributed by atoms with E-state index in [0.29, 0.717) is 22.8 Å². The van der Waals surface area contributed by atoms with Gasteiger partial charge in [0, 0.05) is 38.6 Å². The van der Waals surface area contributed by atoms with Gasteiger partial charge in [0.2, 0.25) is 11.8 Å². The van der Waals surface area contributed by atoms with Gasteiger partial charge in [-0.15, -0.1) is 0 Å². The number of benzene rings is 3. The third-order valence-electron chi connectivity index (χ3n) is 6.52. The molecule has 3 rings (SSSR count). The van der Waals surface area contributed by atoms with Crippen molar-refractivity contribution >= 4 is 39.3 Å². The first-order valence-corrected chi connectivity index (χ1v) is 14.8. The number of carbonyl (C=O) groups excluding carboxylic acids is 2. The van der Waals surface area contributed by atoms with E-state index in [2.05, 4.69) is 5.32 Å². The van der Waals surface area contributed by atoms with E-state index in [1.165, 1.54) is 19.0 Å². The van der Waals surface area contributed by atoms with Crippen LogP contribution >= 0.6 is 11.6 Å². The molecule has 40 heavy (non-hydrogen) atoms. The van der Waals surface area contributed by atoms with Gasteiger partial charge in [0.1, 0.15) is 12.6 Å². The maximum atomic E-state index is 14.2. The molecule has 10 heteroatoms. The zero-order chi connectivity index (χ0) is 29.4. The average Bonchev–Trinajstić information content (AvgIpc) is 2.91. The van der Waals surface area contributed by atoms with E-state index in [9.17, 15) is 18.0 Å². The summed E-state index contributed by atoms with van der Waals surface area (Å²) in [5.41, 5.74) is 3.55. The summed E-state index contributed by atoms with van der Waals surface area (Å²) in [5, 5.41) is 3.34. The van der Waals surface area contributed by atoms with Gasteiger partial charge in [-0.3, -0.25) is 9.59 Å². The molecule has 0 aromatic heterocycles. The number of nitrogens with zero attached hydrogens (tertiary/aromatic N) is 3. The Morgan fingerprint density at radius 3 is 2.23 bits per heavy atom. The van der Waals surface area contributed by atoms with Gasteiger partial charge in [-0.1, -0.05) is 66.2 Å². The van der Waals surface area contributed by atoms with Crippen LogP contribution in [-0.2, 0) is 32.8 Å². The van der Waals surface area contributed by atoms with Gasteiger partial charge < -0.3 is 10.2 Å². The minimum atomic E-state index is -4.06. The van der Waals surface area contributed by atoms with E-state index in [1.807, 2.05) is 62.4 Å². The van der Waals surface area contributed by atoms with Crippen molar-refractivity contribution in [2.75, 3.05) is 31.5 Å². The first kappa shape index (κ1) is 31.1. The standard InChI is InChI=1S/C30H37ClN4O4S/c1-6-32-30(37)28(19-24-11-8-7-9-12-24)34(20-25-13-10-14-26(31)18-25)29(36)21-35(40(38,39)33(4)5)27-17-22(2)15-16-23(27)3/h7-18,28H,6,19-21H2,1-5H3,(H,32,37)/t28-/m1/s1. The van der Waals surface area contributed by atoms with Gasteiger partial charge in [-0.2, -0.15) is 12.7 Å². The Bertz CT molecular complexity index is 1430. The molecule has 0 heterocycles. The highest BCUT2D eigenvalue weighted by Gasteiger charge is 2.35. The molecule has 1 N–H and O–H groups in total. The summed E-state index contributed by atoms with van der Waals surface area (Å²) in [5.74, 6) is -0.839. The number of rotatable bonds is 12. The van der Waals surface area contributed by atoms with Gasteiger partial charge in [-0.05, 0) is 61.2 Å². The molecule has 8 nitrogen and oxygen atoms in total. The molecule has 3 aromatic rings. The lowest BCUT2D eigenvalue weighted by Gasteiger charge is -2.34. The smallest absolute Gasteiger partial charge is 0.304 e. The Balaban J connectivity index is 2.11. The molecule has 0 spiro atoms. The van der Waals surface area contributed by atoms with Crippen LogP contribution in [0.15, 0.2) is 72.8 Å². The van der Waals surface area contributed by atoms with Crippen LogP contribution in [0.1, 0.15) is 29.2 Å². The summed E-state index contributed by atoms with van der Waals surface area (Å²) >= 11 is 6.24. The number of amides is 2. The van der Waals surface area contributed by atoms with Crippen LogP contribution in [0.2, 0.25) is 5.02 Å². The lowest BCUT2D eigenvalue weighted by Crippen LogP contribution is -2.54. The SMILES string of the molecule is CCNC(=O)[C@@H](Cc1ccccc1)N(Cc1cccc(Cl)c1)C(=O)CN(c1cc(C)ccc1C)S(=O)(=O)N(C)C. The molecule has 0 aliphatic heterocycles. The molecule has 0 fully saturated rings. The monoisotopic (exact) mass is 584 g/mol. The van der Waals surface area contributed by atoms with Crippen LogP contribution in [0.3, 0.4) is 0 Å². The molecule has 3 aromatic carbocycles. The molecular formula is C30H37ClN4O4S. The topological polar surface area (TPSA) is 90.0 Å². The second-order valence-corrected chi connectivity index (χ2v) is 12.3. The van der Waals surface area contributed by atoms with Gasteiger partial charge in [0.15, 0.2) is 0 Å². The van der Waals surface area contributed by atoms with Crippen molar-refractivity contribution in [3.63, 3.8) is 0 Å². The predicted octanol–water partition coefficient (Wildman–Crippen LogP) is 4.35. The van der Waals surface area contributed by atoms with E-state index < -0.39 is 28.7 Å². The van der Waals surface area contributed by atoms with E-state index in [4.69, 9.17) is 11.6 Å². The number of likely N-dealkylation sites (N-methyl/N-ethyl adjacent to an activating group) is 1. The second-order valence-electron chi connectivity index (χ2n) is 9.84. The van der Waals surface area contributed by atoms with Crippen molar-refractivity contribution in [1.29, 1.82) is 0 Å². The van der Waals surface area contributed by atoms with Gasteiger partial charge >= 0.3 is 10.2 Å². The highest BCUT2D eigenvalue weighted by atomic mass is 35.5.